The van der Waals surface area contributed by atoms with Crippen molar-refractivity contribution in [1.29, 1.82) is 0 Å². The van der Waals surface area contributed by atoms with Crippen molar-refractivity contribution in [3.8, 4) is 39.3 Å². The number of pyridine rings is 1. The van der Waals surface area contributed by atoms with Crippen LogP contribution < -0.4 is 15.6 Å². The van der Waals surface area contributed by atoms with Crippen LogP contribution in [0.4, 0.5) is 5.69 Å². The van der Waals surface area contributed by atoms with Gasteiger partial charge in [-0.25, -0.2) is 0 Å². The highest BCUT2D eigenvalue weighted by Gasteiger charge is 2.19. The Morgan fingerprint density at radius 1 is 0.769 bits per heavy atom. The summed E-state index contributed by atoms with van der Waals surface area (Å²) in [5.41, 5.74) is 7.06. The predicted octanol–water partition coefficient (Wildman–Crippen LogP) is 7.12. The van der Waals surface area contributed by atoms with Crippen LogP contribution in [0.2, 0.25) is 0 Å². The molecule has 39 heavy (non-hydrogen) atoms. The maximum absolute atomic E-state index is 13.2. The highest BCUT2D eigenvalue weighted by atomic mass is 16.5. The molecule has 0 unspecified atom stereocenters. The Morgan fingerprint density at radius 2 is 1.49 bits per heavy atom. The normalized spacial score (nSPS) is 10.9. The van der Waals surface area contributed by atoms with Crippen molar-refractivity contribution in [3.63, 3.8) is 0 Å². The molecule has 0 aliphatic heterocycles. The maximum atomic E-state index is 13.2. The van der Waals surface area contributed by atoms with Crippen molar-refractivity contribution in [2.45, 2.75) is 0 Å². The topological polar surface area (TPSA) is 87.0 Å². The Kier molecular flexibility index (Phi) is 6.27. The number of hydrogen-bond acceptors (Lipinski definition) is 3. The fourth-order valence-corrected chi connectivity index (χ4v) is 4.79. The van der Waals surface area contributed by atoms with E-state index in [2.05, 4.69) is 51.7 Å². The van der Waals surface area contributed by atoms with Gasteiger partial charge in [0.05, 0.1) is 18.4 Å². The van der Waals surface area contributed by atoms with Crippen molar-refractivity contribution in [1.82, 2.24) is 9.97 Å². The molecule has 6 rings (SSSR count). The average Bonchev–Trinajstić information content (AvgIpc) is 3.37. The third kappa shape index (κ3) is 4.71. The number of carbonyl (C=O) groups is 1. The number of carbonyl (C=O) groups excluding carboxylic acids is 1. The van der Waals surface area contributed by atoms with Gasteiger partial charge >= 0.3 is 0 Å². The van der Waals surface area contributed by atoms with Gasteiger partial charge in [-0.3, -0.25) is 9.59 Å². The molecule has 190 valence electrons. The van der Waals surface area contributed by atoms with Gasteiger partial charge in [-0.2, -0.15) is 0 Å². The highest BCUT2D eigenvalue weighted by molar-refractivity contribution is 6.10. The third-order valence-electron chi connectivity index (χ3n) is 6.78. The molecule has 2 heterocycles. The smallest absolute Gasteiger partial charge is 0.257 e. The van der Waals surface area contributed by atoms with Crippen LogP contribution in [0.15, 0.2) is 120 Å². The maximum Gasteiger partial charge on any atom is 0.257 e. The second-order valence-corrected chi connectivity index (χ2v) is 9.17. The monoisotopic (exact) mass is 511 g/mol. The zero-order valence-corrected chi connectivity index (χ0v) is 21.2. The minimum atomic E-state index is -0.229. The summed E-state index contributed by atoms with van der Waals surface area (Å²) in [7, 11) is 1.60. The number of benzene rings is 4. The molecule has 0 saturated carbocycles. The van der Waals surface area contributed by atoms with E-state index in [1.165, 1.54) is 0 Å². The lowest BCUT2D eigenvalue weighted by atomic mass is 9.96. The Hall–Kier alpha value is -5.36. The number of fused-ring (bicyclic) bond motifs is 1. The molecule has 6 nitrogen and oxygen atoms in total. The van der Waals surface area contributed by atoms with E-state index < -0.39 is 0 Å². The molecule has 2 aromatic heterocycles. The molecule has 0 saturated heterocycles. The lowest BCUT2D eigenvalue weighted by Crippen LogP contribution is -2.11. The van der Waals surface area contributed by atoms with E-state index in [0.29, 0.717) is 28.3 Å². The number of ether oxygens (including phenoxy) is 1. The van der Waals surface area contributed by atoms with Crippen LogP contribution in [-0.2, 0) is 0 Å². The Bertz CT molecular complexity index is 1830. The van der Waals surface area contributed by atoms with E-state index >= 15 is 0 Å². The van der Waals surface area contributed by atoms with Crippen LogP contribution >= 0.6 is 0 Å². The summed E-state index contributed by atoms with van der Waals surface area (Å²) in [6, 6.07) is 34.7. The zero-order chi connectivity index (χ0) is 26.8. The summed E-state index contributed by atoms with van der Waals surface area (Å²) in [5, 5.41) is 3.80. The SMILES string of the molecule is COc1ccc(NC(=O)c2ccc3[nH]c(-c4ccc[nH]c4=O)c(-c4ccc(-c5ccccc5)cc4)c3c2)cc1. The molecule has 1 amide bonds. The summed E-state index contributed by atoms with van der Waals surface area (Å²) >= 11 is 0. The van der Waals surface area contributed by atoms with Gasteiger partial charge in [0.2, 0.25) is 0 Å². The van der Waals surface area contributed by atoms with Crippen LogP contribution in [0.5, 0.6) is 5.75 Å². The minimum absolute atomic E-state index is 0.191. The number of aromatic nitrogens is 2. The van der Waals surface area contributed by atoms with E-state index in [9.17, 15) is 9.59 Å². The summed E-state index contributed by atoms with van der Waals surface area (Å²) < 4.78 is 5.20. The zero-order valence-electron chi connectivity index (χ0n) is 21.2. The molecule has 6 heteroatoms. The minimum Gasteiger partial charge on any atom is -0.497 e. The fourth-order valence-electron chi connectivity index (χ4n) is 4.79. The first-order valence-corrected chi connectivity index (χ1v) is 12.6. The quantitative estimate of drug-likeness (QED) is 0.223. The Balaban J connectivity index is 1.45. The van der Waals surface area contributed by atoms with E-state index in [0.717, 1.165) is 33.2 Å². The number of nitrogens with one attached hydrogen (secondary N) is 3. The number of H-pyrrole nitrogens is 2. The number of methoxy groups -OCH3 is 1. The van der Waals surface area contributed by atoms with Gasteiger partial charge < -0.3 is 20.0 Å². The molecule has 0 radical (unpaired) electrons. The van der Waals surface area contributed by atoms with Gasteiger partial charge in [0.25, 0.3) is 11.5 Å². The summed E-state index contributed by atoms with van der Waals surface area (Å²) in [6.45, 7) is 0. The number of aromatic amines is 2. The summed E-state index contributed by atoms with van der Waals surface area (Å²) in [4.78, 5) is 32.2. The lowest BCUT2D eigenvalue weighted by molar-refractivity contribution is 0.102. The standard InChI is InChI=1S/C33H25N3O3/c1-39-26-16-14-25(15-17-26)35-32(37)24-13-18-29-28(20-24)30(31(36-29)27-8-5-19-34-33(27)38)23-11-9-22(10-12-23)21-6-3-2-4-7-21/h2-20,36H,1H3,(H,34,38)(H,35,37). The van der Waals surface area contributed by atoms with Gasteiger partial charge in [-0.05, 0) is 71.3 Å². The first-order chi connectivity index (χ1) is 19.1. The number of amides is 1. The number of rotatable bonds is 6. The van der Waals surface area contributed by atoms with Crippen LogP contribution in [0, 0.1) is 0 Å². The van der Waals surface area contributed by atoms with Gasteiger partial charge in [0.15, 0.2) is 0 Å². The molecule has 6 aromatic rings. The second kappa shape index (κ2) is 10.2. The molecule has 0 fully saturated rings. The molecule has 0 atom stereocenters. The number of anilines is 1. The average molecular weight is 512 g/mol. The van der Waals surface area contributed by atoms with Crippen molar-refractivity contribution in [2.75, 3.05) is 12.4 Å². The van der Waals surface area contributed by atoms with E-state index in [1.54, 1.807) is 55.8 Å². The van der Waals surface area contributed by atoms with Gasteiger partial charge in [0, 0.05) is 33.9 Å². The van der Waals surface area contributed by atoms with E-state index in [4.69, 9.17) is 4.74 Å². The summed E-state index contributed by atoms with van der Waals surface area (Å²) in [6.07, 6.45) is 1.62. The van der Waals surface area contributed by atoms with E-state index in [1.807, 2.05) is 30.3 Å². The molecule has 4 aromatic carbocycles. The number of hydrogen-bond donors (Lipinski definition) is 3. The van der Waals surface area contributed by atoms with Crippen LogP contribution in [0.25, 0.3) is 44.4 Å². The Morgan fingerprint density at radius 3 is 2.21 bits per heavy atom. The predicted molar refractivity (Wildman–Crippen MR) is 156 cm³/mol. The molecular formula is C33H25N3O3. The second-order valence-electron chi connectivity index (χ2n) is 9.17. The van der Waals surface area contributed by atoms with Crippen molar-refractivity contribution in [3.05, 3.63) is 131 Å². The fraction of sp³-hybridized carbons (Fsp3) is 0.0303. The molecule has 3 N–H and O–H groups in total. The summed E-state index contributed by atoms with van der Waals surface area (Å²) in [5.74, 6) is 0.487. The molecule has 0 aliphatic rings. The van der Waals surface area contributed by atoms with Gasteiger partial charge in [-0.1, -0.05) is 54.6 Å². The van der Waals surface area contributed by atoms with Crippen LogP contribution in [0.1, 0.15) is 10.4 Å². The molecular weight excluding hydrogens is 486 g/mol. The molecule has 0 aliphatic carbocycles. The van der Waals surface area contributed by atoms with Gasteiger partial charge in [0.1, 0.15) is 5.75 Å². The third-order valence-corrected chi connectivity index (χ3v) is 6.78. The van der Waals surface area contributed by atoms with Crippen molar-refractivity contribution in [2.24, 2.45) is 0 Å². The first kappa shape index (κ1) is 24.0. The van der Waals surface area contributed by atoms with Gasteiger partial charge in [-0.15, -0.1) is 0 Å². The lowest BCUT2D eigenvalue weighted by Gasteiger charge is -2.09. The van der Waals surface area contributed by atoms with Crippen LogP contribution in [-0.4, -0.2) is 23.0 Å². The van der Waals surface area contributed by atoms with E-state index in [-0.39, 0.29) is 11.5 Å². The molecule has 0 spiro atoms. The highest BCUT2D eigenvalue weighted by Crippen LogP contribution is 2.38. The Labute approximate surface area is 224 Å². The van der Waals surface area contributed by atoms with Crippen LogP contribution in [0.3, 0.4) is 0 Å². The first-order valence-electron chi connectivity index (χ1n) is 12.6. The largest absolute Gasteiger partial charge is 0.497 e. The molecule has 0 bridgehead atoms. The van der Waals surface area contributed by atoms with Crippen molar-refractivity contribution >= 4 is 22.5 Å². The van der Waals surface area contributed by atoms with Crippen molar-refractivity contribution < 1.29 is 9.53 Å².